The lowest BCUT2D eigenvalue weighted by Crippen LogP contribution is -2.14. The van der Waals surface area contributed by atoms with E-state index in [9.17, 15) is 4.79 Å². The molecule has 0 unspecified atom stereocenters. The van der Waals surface area contributed by atoms with Gasteiger partial charge in [0.05, 0.1) is 24.4 Å². The molecule has 96 valence electrons. The van der Waals surface area contributed by atoms with Crippen molar-refractivity contribution in [3.8, 4) is 23.1 Å². The van der Waals surface area contributed by atoms with Crippen molar-refractivity contribution in [2.45, 2.75) is 13.8 Å². The summed E-state index contributed by atoms with van der Waals surface area (Å²) in [7, 11) is 1.55. The first kappa shape index (κ1) is 12.8. The zero-order chi connectivity index (χ0) is 14.0. The second-order valence-electron chi connectivity index (χ2n) is 4.18. The number of rotatable bonds is 2. The first-order chi connectivity index (χ1) is 9.08. The molecule has 2 aromatic rings. The van der Waals surface area contributed by atoms with E-state index in [4.69, 9.17) is 10.00 Å². The molecule has 1 heterocycles. The van der Waals surface area contributed by atoms with Gasteiger partial charge in [0.2, 0.25) is 0 Å². The Kier molecular flexibility index (Phi) is 3.34. The fourth-order valence-electron chi connectivity index (χ4n) is 1.85. The van der Waals surface area contributed by atoms with Gasteiger partial charge in [-0.15, -0.1) is 0 Å². The lowest BCUT2D eigenvalue weighted by Gasteiger charge is -2.11. The van der Waals surface area contributed by atoms with Gasteiger partial charge in [-0.3, -0.25) is 4.79 Å². The van der Waals surface area contributed by atoms with Crippen LogP contribution in [-0.4, -0.2) is 17.3 Å². The van der Waals surface area contributed by atoms with Crippen LogP contribution in [0.2, 0.25) is 0 Å². The van der Waals surface area contributed by atoms with Crippen LogP contribution in [0.1, 0.15) is 16.7 Å². The van der Waals surface area contributed by atoms with Crippen molar-refractivity contribution >= 4 is 0 Å². The topological polar surface area (TPSA) is 78.8 Å². The zero-order valence-electron chi connectivity index (χ0n) is 10.9. The number of methoxy groups -OCH3 is 1. The van der Waals surface area contributed by atoms with Crippen molar-refractivity contribution in [3.63, 3.8) is 0 Å². The molecule has 1 N–H and O–H groups in total. The second kappa shape index (κ2) is 4.94. The third-order valence-electron chi connectivity index (χ3n) is 3.11. The average Bonchev–Trinajstić information content (AvgIpc) is 2.44. The van der Waals surface area contributed by atoms with E-state index in [1.165, 1.54) is 0 Å². The van der Waals surface area contributed by atoms with E-state index in [-0.39, 0.29) is 5.56 Å². The Hall–Kier alpha value is -2.61. The molecule has 0 fully saturated rings. The number of nitrogens with zero attached hydrogens (tertiary/aromatic N) is 2. The van der Waals surface area contributed by atoms with E-state index in [2.05, 4.69) is 16.3 Å². The number of benzene rings is 1. The van der Waals surface area contributed by atoms with Crippen LogP contribution >= 0.6 is 0 Å². The number of aromatic nitrogens is 2. The molecule has 0 saturated heterocycles. The summed E-state index contributed by atoms with van der Waals surface area (Å²) in [6.07, 6.45) is 0. The monoisotopic (exact) mass is 255 g/mol. The molecule has 19 heavy (non-hydrogen) atoms. The minimum Gasteiger partial charge on any atom is -0.496 e. The van der Waals surface area contributed by atoms with Gasteiger partial charge in [0.25, 0.3) is 5.56 Å². The SMILES string of the molecule is COc1ccc(C#N)cc1-c1n[nH]c(=O)c(C)c1C. The van der Waals surface area contributed by atoms with E-state index < -0.39 is 0 Å². The van der Waals surface area contributed by atoms with Gasteiger partial charge in [0, 0.05) is 11.1 Å². The lowest BCUT2D eigenvalue weighted by molar-refractivity contribution is 0.416. The number of nitrogens with one attached hydrogen (secondary N) is 1. The number of hydrogen-bond donors (Lipinski definition) is 1. The third-order valence-corrected chi connectivity index (χ3v) is 3.11. The molecule has 0 spiro atoms. The first-order valence-electron chi connectivity index (χ1n) is 5.73. The standard InChI is InChI=1S/C14H13N3O2/c1-8-9(2)14(18)17-16-13(8)11-6-10(7-15)4-5-12(11)19-3/h4-6H,1-3H3,(H,17,18). The molecule has 0 saturated carbocycles. The van der Waals surface area contributed by atoms with Crippen molar-refractivity contribution in [3.05, 3.63) is 45.2 Å². The quantitative estimate of drug-likeness (QED) is 0.889. The molecule has 0 radical (unpaired) electrons. The number of nitriles is 1. The normalized spacial score (nSPS) is 10.0. The summed E-state index contributed by atoms with van der Waals surface area (Å²) >= 11 is 0. The van der Waals surface area contributed by atoms with Gasteiger partial charge >= 0.3 is 0 Å². The van der Waals surface area contributed by atoms with Gasteiger partial charge in [-0.2, -0.15) is 10.4 Å². The van der Waals surface area contributed by atoms with Crippen LogP contribution in [-0.2, 0) is 0 Å². The summed E-state index contributed by atoms with van der Waals surface area (Å²) in [4.78, 5) is 11.5. The Bertz CT molecular complexity index is 726. The summed E-state index contributed by atoms with van der Waals surface area (Å²) < 4.78 is 5.28. The fraction of sp³-hybridized carbons (Fsp3) is 0.214. The highest BCUT2D eigenvalue weighted by atomic mass is 16.5. The van der Waals surface area contributed by atoms with Crippen LogP contribution in [0.15, 0.2) is 23.0 Å². The van der Waals surface area contributed by atoms with Gasteiger partial charge in [-0.25, -0.2) is 5.10 Å². The van der Waals surface area contributed by atoms with Crippen LogP contribution in [0.4, 0.5) is 0 Å². The highest BCUT2D eigenvalue weighted by Gasteiger charge is 2.14. The van der Waals surface area contributed by atoms with Crippen LogP contribution in [0.25, 0.3) is 11.3 Å². The molecular formula is C14H13N3O2. The van der Waals surface area contributed by atoms with Crippen molar-refractivity contribution in [1.82, 2.24) is 10.2 Å². The molecule has 2 rings (SSSR count). The Morgan fingerprint density at radius 1 is 1.32 bits per heavy atom. The number of hydrogen-bond acceptors (Lipinski definition) is 4. The van der Waals surface area contributed by atoms with Gasteiger partial charge in [-0.1, -0.05) is 0 Å². The molecule has 0 aliphatic carbocycles. The van der Waals surface area contributed by atoms with Gasteiger partial charge in [-0.05, 0) is 37.6 Å². The number of H-pyrrole nitrogens is 1. The lowest BCUT2D eigenvalue weighted by atomic mass is 10.0. The maximum Gasteiger partial charge on any atom is 0.267 e. The molecular weight excluding hydrogens is 242 g/mol. The Labute approximate surface area is 110 Å². The maximum absolute atomic E-state index is 11.5. The predicted octanol–water partition coefficient (Wildman–Crippen LogP) is 1.93. The van der Waals surface area contributed by atoms with Crippen LogP contribution in [0, 0.1) is 25.2 Å². The molecule has 0 amide bonds. The van der Waals surface area contributed by atoms with Crippen LogP contribution in [0.5, 0.6) is 5.75 Å². The molecule has 0 atom stereocenters. The largest absolute Gasteiger partial charge is 0.496 e. The van der Waals surface area contributed by atoms with Crippen molar-refractivity contribution < 1.29 is 4.74 Å². The maximum atomic E-state index is 11.5. The smallest absolute Gasteiger partial charge is 0.267 e. The minimum absolute atomic E-state index is 0.211. The van der Waals surface area contributed by atoms with E-state index in [0.717, 1.165) is 5.56 Å². The van der Waals surface area contributed by atoms with Crippen molar-refractivity contribution in [1.29, 1.82) is 5.26 Å². The summed E-state index contributed by atoms with van der Waals surface area (Å²) in [5.41, 5.74) is 2.99. The Morgan fingerprint density at radius 3 is 2.68 bits per heavy atom. The van der Waals surface area contributed by atoms with Gasteiger partial charge in [0.1, 0.15) is 5.75 Å². The zero-order valence-corrected chi connectivity index (χ0v) is 10.9. The number of aromatic amines is 1. The van der Waals surface area contributed by atoms with E-state index in [1.54, 1.807) is 32.2 Å². The van der Waals surface area contributed by atoms with Crippen molar-refractivity contribution in [2.24, 2.45) is 0 Å². The number of ether oxygens (including phenoxy) is 1. The molecule has 5 heteroatoms. The molecule has 5 nitrogen and oxygen atoms in total. The highest BCUT2D eigenvalue weighted by Crippen LogP contribution is 2.31. The van der Waals surface area contributed by atoms with Crippen LogP contribution in [0.3, 0.4) is 0 Å². The molecule has 1 aromatic carbocycles. The summed E-state index contributed by atoms with van der Waals surface area (Å²) in [5.74, 6) is 0.612. The Morgan fingerprint density at radius 2 is 2.05 bits per heavy atom. The summed E-state index contributed by atoms with van der Waals surface area (Å²) in [6, 6.07) is 7.17. The summed E-state index contributed by atoms with van der Waals surface area (Å²) in [5, 5.41) is 15.5. The average molecular weight is 255 g/mol. The summed E-state index contributed by atoms with van der Waals surface area (Å²) in [6.45, 7) is 3.56. The molecule has 0 bridgehead atoms. The first-order valence-corrected chi connectivity index (χ1v) is 5.73. The second-order valence-corrected chi connectivity index (χ2v) is 4.18. The fourth-order valence-corrected chi connectivity index (χ4v) is 1.85. The molecule has 0 aliphatic heterocycles. The van der Waals surface area contributed by atoms with E-state index in [0.29, 0.717) is 28.1 Å². The Balaban J connectivity index is 2.75. The molecule has 0 aliphatic rings. The van der Waals surface area contributed by atoms with E-state index in [1.807, 2.05) is 6.92 Å². The van der Waals surface area contributed by atoms with Crippen molar-refractivity contribution in [2.75, 3.05) is 7.11 Å². The predicted molar refractivity (Wildman–Crippen MR) is 71.0 cm³/mol. The highest BCUT2D eigenvalue weighted by molar-refractivity contribution is 5.71. The third kappa shape index (κ3) is 2.20. The van der Waals surface area contributed by atoms with E-state index >= 15 is 0 Å². The van der Waals surface area contributed by atoms with Gasteiger partial charge < -0.3 is 4.74 Å². The van der Waals surface area contributed by atoms with Gasteiger partial charge in [0.15, 0.2) is 0 Å². The van der Waals surface area contributed by atoms with Crippen LogP contribution < -0.4 is 10.3 Å². The molecule has 1 aromatic heterocycles. The minimum atomic E-state index is -0.211.